The fourth-order valence-electron chi connectivity index (χ4n) is 2.54. The van der Waals surface area contributed by atoms with Gasteiger partial charge in [0, 0.05) is 24.0 Å². The van der Waals surface area contributed by atoms with E-state index in [0.717, 1.165) is 47.2 Å². The van der Waals surface area contributed by atoms with Gasteiger partial charge in [-0.1, -0.05) is 19.1 Å². The predicted molar refractivity (Wildman–Crippen MR) is 93.2 cm³/mol. The lowest BCUT2D eigenvalue weighted by molar-refractivity contribution is 0.0927. The molecule has 5 heteroatoms. The Morgan fingerprint density at radius 3 is 2.41 bits per heavy atom. The van der Waals surface area contributed by atoms with Crippen molar-refractivity contribution in [1.82, 2.24) is 10.6 Å². The van der Waals surface area contributed by atoms with E-state index < -0.39 is 0 Å². The Morgan fingerprint density at radius 2 is 1.77 bits per heavy atom. The molecule has 1 aromatic heterocycles. The van der Waals surface area contributed by atoms with E-state index in [2.05, 4.69) is 23.6 Å². The van der Waals surface area contributed by atoms with E-state index in [1.54, 1.807) is 0 Å². The maximum Gasteiger partial charge on any atom is 0.287 e. The van der Waals surface area contributed by atoms with Crippen molar-refractivity contribution in [3.8, 4) is 0 Å². The average molecular weight is 325 g/mol. The summed E-state index contributed by atoms with van der Waals surface area (Å²) in [5, 5.41) is 7.22. The number of nitrogens with one attached hydrogen (secondary N) is 2. The lowest BCUT2D eigenvalue weighted by atomic mass is 10.0. The Bertz CT molecular complexity index is 650. The highest BCUT2D eigenvalue weighted by atomic mass is 35.5. The number of carbonyl (C=O) groups is 1. The van der Waals surface area contributed by atoms with Crippen molar-refractivity contribution in [1.29, 1.82) is 0 Å². The quantitative estimate of drug-likeness (QED) is 0.799. The number of benzene rings is 1. The van der Waals surface area contributed by atoms with Crippen LogP contribution in [-0.2, 0) is 0 Å². The monoisotopic (exact) mass is 324 g/mol. The molecule has 0 radical (unpaired) electrons. The first-order valence-corrected chi connectivity index (χ1v) is 7.54. The van der Waals surface area contributed by atoms with Gasteiger partial charge in [0.25, 0.3) is 5.91 Å². The molecule has 0 bridgehead atoms. The van der Waals surface area contributed by atoms with Crippen LogP contribution < -0.4 is 10.6 Å². The molecule has 2 rings (SSSR count). The zero-order chi connectivity index (χ0) is 15.4. The van der Waals surface area contributed by atoms with Crippen LogP contribution in [0.15, 0.2) is 16.5 Å². The second kappa shape index (κ2) is 8.20. The zero-order valence-electron chi connectivity index (χ0n) is 13.7. The van der Waals surface area contributed by atoms with Crippen LogP contribution in [0.2, 0.25) is 0 Å². The third-order valence-corrected chi connectivity index (χ3v) is 3.70. The summed E-state index contributed by atoms with van der Waals surface area (Å²) in [5.41, 5.74) is 3.94. The van der Waals surface area contributed by atoms with E-state index in [9.17, 15) is 4.79 Å². The summed E-state index contributed by atoms with van der Waals surface area (Å²) in [6.07, 6.45) is 1.09. The number of aryl methyl sites for hydroxylation is 3. The molecule has 2 aromatic rings. The summed E-state index contributed by atoms with van der Waals surface area (Å²) in [6, 6.07) is 4.09. The highest BCUT2D eigenvalue weighted by Gasteiger charge is 2.19. The molecular weight excluding hydrogens is 300 g/mol. The Balaban J connectivity index is 0.00000242. The van der Waals surface area contributed by atoms with E-state index in [4.69, 9.17) is 4.42 Å². The zero-order valence-corrected chi connectivity index (χ0v) is 14.5. The first-order valence-electron chi connectivity index (χ1n) is 7.54. The molecule has 0 saturated carbocycles. The number of carbonyl (C=O) groups excluding carboxylic acids is 1. The highest BCUT2D eigenvalue weighted by Crippen LogP contribution is 2.30. The molecule has 22 heavy (non-hydrogen) atoms. The van der Waals surface area contributed by atoms with Gasteiger partial charge in [-0.15, -0.1) is 12.4 Å². The van der Waals surface area contributed by atoms with Gasteiger partial charge in [-0.05, 0) is 44.9 Å². The predicted octanol–water partition coefficient (Wildman–Crippen LogP) is 3.51. The summed E-state index contributed by atoms with van der Waals surface area (Å²) in [7, 11) is 0. The van der Waals surface area contributed by atoms with Crippen LogP contribution in [0.4, 0.5) is 0 Å². The number of halogens is 1. The van der Waals surface area contributed by atoms with Crippen LogP contribution in [0.25, 0.3) is 11.0 Å². The normalized spacial score (nSPS) is 10.5. The smallest absolute Gasteiger partial charge is 0.287 e. The maximum absolute atomic E-state index is 12.3. The summed E-state index contributed by atoms with van der Waals surface area (Å²) in [4.78, 5) is 12.3. The second-order valence-corrected chi connectivity index (χ2v) is 5.47. The molecule has 0 aliphatic heterocycles. The number of furan rings is 1. The van der Waals surface area contributed by atoms with Gasteiger partial charge < -0.3 is 15.1 Å². The molecule has 122 valence electrons. The van der Waals surface area contributed by atoms with Crippen molar-refractivity contribution in [2.45, 2.75) is 34.1 Å². The number of hydrogen-bond donors (Lipinski definition) is 2. The molecule has 0 atom stereocenters. The summed E-state index contributed by atoms with van der Waals surface area (Å²) in [5.74, 6) is 0.290. The molecule has 0 aliphatic rings. The molecule has 1 amide bonds. The van der Waals surface area contributed by atoms with Crippen LogP contribution in [0.1, 0.15) is 40.6 Å². The first-order chi connectivity index (χ1) is 10.1. The topological polar surface area (TPSA) is 54.3 Å². The SMILES string of the molecule is CCCNCCNC(=O)c1oc2c(C)ccc(C)c2c1C.Cl. The summed E-state index contributed by atoms with van der Waals surface area (Å²) >= 11 is 0. The van der Waals surface area contributed by atoms with E-state index in [-0.39, 0.29) is 18.3 Å². The molecular formula is C17H25ClN2O2. The number of amides is 1. The molecule has 2 N–H and O–H groups in total. The van der Waals surface area contributed by atoms with Crippen LogP contribution in [0, 0.1) is 20.8 Å². The van der Waals surface area contributed by atoms with Crippen molar-refractivity contribution in [2.24, 2.45) is 0 Å². The van der Waals surface area contributed by atoms with E-state index >= 15 is 0 Å². The molecule has 0 unspecified atom stereocenters. The fourth-order valence-corrected chi connectivity index (χ4v) is 2.54. The van der Waals surface area contributed by atoms with Crippen LogP contribution in [0.3, 0.4) is 0 Å². The number of hydrogen-bond acceptors (Lipinski definition) is 3. The van der Waals surface area contributed by atoms with E-state index in [0.29, 0.717) is 12.3 Å². The Kier molecular flexibility index (Phi) is 6.91. The first kappa shape index (κ1) is 18.5. The molecule has 1 heterocycles. The lowest BCUT2D eigenvalue weighted by Crippen LogP contribution is -2.32. The van der Waals surface area contributed by atoms with Crippen LogP contribution in [0.5, 0.6) is 0 Å². The molecule has 0 aliphatic carbocycles. The van der Waals surface area contributed by atoms with Gasteiger partial charge in [-0.25, -0.2) is 0 Å². The molecule has 4 nitrogen and oxygen atoms in total. The number of rotatable bonds is 6. The van der Waals surface area contributed by atoms with Crippen molar-refractivity contribution >= 4 is 29.3 Å². The molecule has 0 fully saturated rings. The van der Waals surface area contributed by atoms with Gasteiger partial charge in [0.2, 0.25) is 0 Å². The van der Waals surface area contributed by atoms with Crippen molar-refractivity contribution in [3.63, 3.8) is 0 Å². The second-order valence-electron chi connectivity index (χ2n) is 5.47. The number of fused-ring (bicyclic) bond motifs is 1. The molecule has 1 aromatic carbocycles. The minimum Gasteiger partial charge on any atom is -0.450 e. The Morgan fingerprint density at radius 1 is 1.09 bits per heavy atom. The summed E-state index contributed by atoms with van der Waals surface area (Å²) in [6.45, 7) is 10.5. The molecule has 0 spiro atoms. The van der Waals surface area contributed by atoms with Gasteiger partial charge in [0.05, 0.1) is 0 Å². The maximum atomic E-state index is 12.3. The molecule has 0 saturated heterocycles. The Hall–Kier alpha value is -1.52. The van der Waals surface area contributed by atoms with E-state index in [1.165, 1.54) is 0 Å². The van der Waals surface area contributed by atoms with Crippen molar-refractivity contribution in [3.05, 3.63) is 34.6 Å². The van der Waals surface area contributed by atoms with Gasteiger partial charge in [0.15, 0.2) is 5.76 Å². The van der Waals surface area contributed by atoms with Crippen molar-refractivity contribution in [2.75, 3.05) is 19.6 Å². The van der Waals surface area contributed by atoms with Crippen LogP contribution >= 0.6 is 12.4 Å². The van der Waals surface area contributed by atoms with Crippen LogP contribution in [-0.4, -0.2) is 25.5 Å². The lowest BCUT2D eigenvalue weighted by Gasteiger charge is -2.04. The Labute approximate surface area is 138 Å². The highest BCUT2D eigenvalue weighted by molar-refractivity contribution is 6.00. The fraction of sp³-hybridized carbons (Fsp3) is 0.471. The largest absolute Gasteiger partial charge is 0.450 e. The van der Waals surface area contributed by atoms with E-state index in [1.807, 2.05) is 26.8 Å². The van der Waals surface area contributed by atoms with Gasteiger partial charge in [0.1, 0.15) is 5.58 Å². The van der Waals surface area contributed by atoms with Gasteiger partial charge >= 0.3 is 0 Å². The minimum atomic E-state index is -0.138. The third kappa shape index (κ3) is 3.81. The average Bonchev–Trinajstić information content (AvgIpc) is 2.82. The van der Waals surface area contributed by atoms with Crippen molar-refractivity contribution < 1.29 is 9.21 Å². The van der Waals surface area contributed by atoms with Gasteiger partial charge in [-0.3, -0.25) is 4.79 Å². The third-order valence-electron chi connectivity index (χ3n) is 3.70. The summed E-state index contributed by atoms with van der Waals surface area (Å²) < 4.78 is 5.82. The standard InChI is InChI=1S/C17H24N2O2.ClH/c1-5-8-18-9-10-19-17(20)16-13(4)14-11(2)6-7-12(3)15(14)21-16;/h6-7,18H,5,8-10H2,1-4H3,(H,19,20);1H. The minimum absolute atomic E-state index is 0. The van der Waals surface area contributed by atoms with Gasteiger partial charge in [-0.2, -0.15) is 0 Å².